The highest BCUT2D eigenvalue weighted by molar-refractivity contribution is 5.79. The Bertz CT molecular complexity index is 360. The molecule has 1 rings (SSSR count). The number of nitrogens with one attached hydrogen (secondary N) is 1. The lowest BCUT2D eigenvalue weighted by Crippen LogP contribution is -2.39. The summed E-state index contributed by atoms with van der Waals surface area (Å²) < 4.78 is 1.20. The van der Waals surface area contributed by atoms with E-state index in [9.17, 15) is 9.59 Å². The molecule has 70 valence electrons. The minimum Gasteiger partial charge on any atom is -0.292 e. The highest BCUT2D eigenvalue weighted by Crippen LogP contribution is 1.98. The fourth-order valence-corrected chi connectivity index (χ4v) is 0.898. The molecule has 13 heavy (non-hydrogen) atoms. The fourth-order valence-electron chi connectivity index (χ4n) is 0.898. The van der Waals surface area contributed by atoms with Crippen LogP contribution in [0.3, 0.4) is 0 Å². The lowest BCUT2D eigenvalue weighted by molar-refractivity contribution is -0.124. The fraction of sp³-hybridized carbons (Fsp3) is 0.286. The van der Waals surface area contributed by atoms with Crippen LogP contribution in [0, 0.1) is 0 Å². The van der Waals surface area contributed by atoms with E-state index in [1.54, 1.807) is 6.92 Å². The molecule has 1 aromatic heterocycles. The number of hydrazine groups is 1. The minimum atomic E-state index is -0.647. The second kappa shape index (κ2) is 3.81. The van der Waals surface area contributed by atoms with Gasteiger partial charge in [-0.3, -0.25) is 19.6 Å². The quantitative estimate of drug-likeness (QED) is 0.341. The summed E-state index contributed by atoms with van der Waals surface area (Å²) in [5, 5.41) is 0. The summed E-state index contributed by atoms with van der Waals surface area (Å²) in [5.74, 6) is 4.49. The highest BCUT2D eigenvalue weighted by Gasteiger charge is 2.13. The molecule has 0 bridgehead atoms. The number of hydrogen-bond acceptors (Lipinski definition) is 4. The Morgan fingerprint density at radius 1 is 1.77 bits per heavy atom. The van der Waals surface area contributed by atoms with Gasteiger partial charge in [0, 0.05) is 12.3 Å². The Morgan fingerprint density at radius 3 is 3.00 bits per heavy atom. The van der Waals surface area contributed by atoms with E-state index in [2.05, 4.69) is 4.98 Å². The number of nitrogens with two attached hydrogens (primary N) is 1. The molecule has 1 amide bonds. The van der Waals surface area contributed by atoms with Crippen molar-refractivity contribution in [1.29, 1.82) is 0 Å². The van der Waals surface area contributed by atoms with Gasteiger partial charge >= 0.3 is 0 Å². The first-order valence-corrected chi connectivity index (χ1v) is 3.69. The number of nitrogens with zero attached hydrogens (tertiary/aromatic N) is 2. The third kappa shape index (κ3) is 1.91. The van der Waals surface area contributed by atoms with E-state index >= 15 is 0 Å². The Balaban J connectivity index is 3.02. The molecule has 0 saturated heterocycles. The van der Waals surface area contributed by atoms with Gasteiger partial charge in [0.1, 0.15) is 6.04 Å². The van der Waals surface area contributed by atoms with Gasteiger partial charge < -0.3 is 0 Å². The van der Waals surface area contributed by atoms with Crippen LogP contribution in [0.15, 0.2) is 23.4 Å². The zero-order chi connectivity index (χ0) is 9.84. The SMILES string of the molecule is CC(C(=O)NN)n1cnccc1=O. The third-order valence-corrected chi connectivity index (χ3v) is 1.69. The molecule has 0 spiro atoms. The second-order valence-electron chi connectivity index (χ2n) is 2.51. The number of carbonyl (C=O) groups is 1. The van der Waals surface area contributed by atoms with E-state index in [1.807, 2.05) is 5.43 Å². The predicted molar refractivity (Wildman–Crippen MR) is 45.5 cm³/mol. The van der Waals surface area contributed by atoms with Crippen LogP contribution >= 0.6 is 0 Å². The van der Waals surface area contributed by atoms with Crippen molar-refractivity contribution in [3.63, 3.8) is 0 Å². The smallest absolute Gasteiger partial charge is 0.256 e. The van der Waals surface area contributed by atoms with Gasteiger partial charge in [0.05, 0.1) is 6.33 Å². The van der Waals surface area contributed by atoms with Gasteiger partial charge in [0.15, 0.2) is 0 Å². The first-order chi connectivity index (χ1) is 6.16. The maximum atomic E-state index is 11.2. The van der Waals surface area contributed by atoms with Gasteiger partial charge in [-0.2, -0.15) is 0 Å². The lowest BCUT2D eigenvalue weighted by atomic mass is 10.3. The molecule has 6 heteroatoms. The number of rotatable bonds is 2. The Kier molecular flexibility index (Phi) is 2.76. The van der Waals surface area contributed by atoms with Crippen LogP contribution in [-0.2, 0) is 4.79 Å². The van der Waals surface area contributed by atoms with Gasteiger partial charge in [0.25, 0.3) is 11.5 Å². The van der Waals surface area contributed by atoms with Crippen LogP contribution in [0.4, 0.5) is 0 Å². The Morgan fingerprint density at radius 2 is 2.46 bits per heavy atom. The van der Waals surface area contributed by atoms with Crippen molar-refractivity contribution in [2.45, 2.75) is 13.0 Å². The average Bonchev–Trinajstić information content (AvgIpc) is 2.16. The van der Waals surface area contributed by atoms with Gasteiger partial charge in [0.2, 0.25) is 0 Å². The lowest BCUT2D eigenvalue weighted by Gasteiger charge is -2.11. The third-order valence-electron chi connectivity index (χ3n) is 1.69. The summed E-state index contributed by atoms with van der Waals surface area (Å²) in [6.07, 6.45) is 2.66. The van der Waals surface area contributed by atoms with Crippen molar-refractivity contribution in [2.24, 2.45) is 5.84 Å². The van der Waals surface area contributed by atoms with Crippen LogP contribution in [-0.4, -0.2) is 15.5 Å². The zero-order valence-corrected chi connectivity index (χ0v) is 7.10. The molecule has 0 aliphatic carbocycles. The van der Waals surface area contributed by atoms with Gasteiger partial charge in [-0.1, -0.05) is 0 Å². The van der Waals surface area contributed by atoms with Crippen molar-refractivity contribution in [3.8, 4) is 0 Å². The minimum absolute atomic E-state index is 0.286. The summed E-state index contributed by atoms with van der Waals surface area (Å²) in [6.45, 7) is 1.56. The molecule has 0 fully saturated rings. The van der Waals surface area contributed by atoms with E-state index in [4.69, 9.17) is 5.84 Å². The summed E-state index contributed by atoms with van der Waals surface area (Å²) in [6, 6.07) is 0.631. The molecule has 1 aromatic rings. The van der Waals surface area contributed by atoms with Crippen molar-refractivity contribution in [3.05, 3.63) is 28.9 Å². The van der Waals surface area contributed by atoms with Crippen molar-refractivity contribution in [1.82, 2.24) is 15.0 Å². The average molecular weight is 182 g/mol. The molecular weight excluding hydrogens is 172 g/mol. The van der Waals surface area contributed by atoms with Crippen molar-refractivity contribution >= 4 is 5.91 Å². The largest absolute Gasteiger partial charge is 0.292 e. The summed E-state index contributed by atoms with van der Waals surface area (Å²) in [7, 11) is 0. The molecule has 1 atom stereocenters. The molecule has 1 unspecified atom stereocenters. The Hall–Kier alpha value is -1.69. The van der Waals surface area contributed by atoms with E-state index in [-0.39, 0.29) is 5.56 Å². The van der Waals surface area contributed by atoms with Gasteiger partial charge in [-0.15, -0.1) is 0 Å². The molecule has 3 N–H and O–H groups in total. The van der Waals surface area contributed by atoms with E-state index < -0.39 is 11.9 Å². The normalized spacial score (nSPS) is 12.2. The first-order valence-electron chi connectivity index (χ1n) is 3.69. The predicted octanol–water partition coefficient (Wildman–Crippen LogP) is -1.21. The summed E-state index contributed by atoms with van der Waals surface area (Å²) >= 11 is 0. The molecule has 0 aliphatic heterocycles. The van der Waals surface area contributed by atoms with Crippen LogP contribution in [0.5, 0.6) is 0 Å². The molecule has 0 saturated carbocycles. The van der Waals surface area contributed by atoms with Crippen molar-refractivity contribution in [2.75, 3.05) is 0 Å². The zero-order valence-electron chi connectivity index (χ0n) is 7.10. The number of amides is 1. The van der Waals surface area contributed by atoms with E-state index in [0.717, 1.165) is 0 Å². The molecule has 6 nitrogen and oxygen atoms in total. The standard InChI is InChI=1S/C7H10N4O2/c1-5(7(13)10-8)11-4-9-3-2-6(11)12/h2-5H,8H2,1H3,(H,10,13). The topological polar surface area (TPSA) is 90.0 Å². The molecular formula is C7H10N4O2. The van der Waals surface area contributed by atoms with Crippen molar-refractivity contribution < 1.29 is 4.79 Å². The molecule has 1 heterocycles. The Labute approximate surface area is 74.4 Å². The van der Waals surface area contributed by atoms with Crippen LogP contribution < -0.4 is 16.8 Å². The maximum absolute atomic E-state index is 11.2. The number of carbonyl (C=O) groups excluding carboxylic acids is 1. The van der Waals surface area contributed by atoms with Crippen LogP contribution in [0.2, 0.25) is 0 Å². The van der Waals surface area contributed by atoms with Crippen LogP contribution in [0.25, 0.3) is 0 Å². The van der Waals surface area contributed by atoms with E-state index in [0.29, 0.717) is 0 Å². The van der Waals surface area contributed by atoms with Crippen LogP contribution in [0.1, 0.15) is 13.0 Å². The maximum Gasteiger partial charge on any atom is 0.256 e. The molecule has 0 aromatic carbocycles. The second-order valence-corrected chi connectivity index (χ2v) is 2.51. The molecule has 0 radical (unpaired) electrons. The highest BCUT2D eigenvalue weighted by atomic mass is 16.2. The first kappa shape index (κ1) is 9.40. The summed E-state index contributed by atoms with van der Waals surface area (Å²) in [5.41, 5.74) is 1.68. The van der Waals surface area contributed by atoms with Gasteiger partial charge in [-0.05, 0) is 6.92 Å². The number of hydrogen-bond donors (Lipinski definition) is 2. The number of aromatic nitrogens is 2. The monoisotopic (exact) mass is 182 g/mol. The van der Waals surface area contributed by atoms with E-state index in [1.165, 1.54) is 23.2 Å². The van der Waals surface area contributed by atoms with Gasteiger partial charge in [-0.25, -0.2) is 10.8 Å². The molecule has 0 aliphatic rings. The summed E-state index contributed by atoms with van der Waals surface area (Å²) in [4.78, 5) is 25.9.